The molecule has 1 saturated heterocycles. The minimum absolute atomic E-state index is 0.0244. The van der Waals surface area contributed by atoms with Gasteiger partial charge < -0.3 is 14.7 Å². The van der Waals surface area contributed by atoms with Gasteiger partial charge in [0.05, 0.1) is 19.3 Å². The fourth-order valence-corrected chi connectivity index (χ4v) is 1.86. The zero-order valence-electron chi connectivity index (χ0n) is 9.67. The number of aromatic nitrogens is 2. The molecule has 1 atom stereocenters. The third kappa shape index (κ3) is 2.52. The normalized spacial score (nSPS) is 20.3. The van der Waals surface area contributed by atoms with Crippen molar-refractivity contribution in [2.45, 2.75) is 19.4 Å². The van der Waals surface area contributed by atoms with E-state index >= 15 is 0 Å². The standard InChI is InChI=1S/C11H15N3O3/c1-2-8-7-17-6-5-14(8)11-12-4-3-9(13-11)10(15)16/h3-4,8H,2,5-7H2,1H3,(H,15,16). The molecule has 1 N–H and O–H groups in total. The van der Waals surface area contributed by atoms with E-state index in [1.807, 2.05) is 4.90 Å². The second kappa shape index (κ2) is 5.09. The maximum Gasteiger partial charge on any atom is 0.354 e. The second-order valence-electron chi connectivity index (χ2n) is 3.88. The average molecular weight is 237 g/mol. The van der Waals surface area contributed by atoms with Gasteiger partial charge in [0.25, 0.3) is 0 Å². The molecule has 0 aromatic carbocycles. The summed E-state index contributed by atoms with van der Waals surface area (Å²) in [5.41, 5.74) is 0.0244. The third-order valence-corrected chi connectivity index (χ3v) is 2.82. The number of carbonyl (C=O) groups is 1. The molecule has 1 aromatic rings. The first-order valence-electron chi connectivity index (χ1n) is 5.63. The van der Waals surface area contributed by atoms with E-state index in [0.717, 1.165) is 6.42 Å². The highest BCUT2D eigenvalue weighted by molar-refractivity contribution is 5.85. The maximum atomic E-state index is 10.9. The van der Waals surface area contributed by atoms with Gasteiger partial charge in [0.1, 0.15) is 0 Å². The SMILES string of the molecule is CCC1COCCN1c1nccc(C(=O)O)n1. The van der Waals surface area contributed by atoms with Crippen LogP contribution in [0.5, 0.6) is 0 Å². The van der Waals surface area contributed by atoms with E-state index in [-0.39, 0.29) is 11.7 Å². The van der Waals surface area contributed by atoms with Crippen molar-refractivity contribution >= 4 is 11.9 Å². The summed E-state index contributed by atoms with van der Waals surface area (Å²) in [7, 11) is 0. The average Bonchev–Trinajstić information content (AvgIpc) is 2.39. The van der Waals surface area contributed by atoms with Crippen molar-refractivity contribution in [1.82, 2.24) is 9.97 Å². The van der Waals surface area contributed by atoms with Crippen LogP contribution in [0, 0.1) is 0 Å². The number of ether oxygens (including phenoxy) is 1. The van der Waals surface area contributed by atoms with E-state index in [0.29, 0.717) is 25.7 Å². The van der Waals surface area contributed by atoms with E-state index in [1.165, 1.54) is 12.3 Å². The Balaban J connectivity index is 2.25. The van der Waals surface area contributed by atoms with Gasteiger partial charge in [0.2, 0.25) is 5.95 Å². The zero-order valence-corrected chi connectivity index (χ0v) is 9.67. The van der Waals surface area contributed by atoms with Gasteiger partial charge in [0, 0.05) is 12.7 Å². The fourth-order valence-electron chi connectivity index (χ4n) is 1.86. The first kappa shape index (κ1) is 11.8. The van der Waals surface area contributed by atoms with Crippen LogP contribution in [-0.2, 0) is 4.74 Å². The van der Waals surface area contributed by atoms with Gasteiger partial charge in [-0.05, 0) is 12.5 Å². The summed E-state index contributed by atoms with van der Waals surface area (Å²) in [6, 6.07) is 1.61. The molecule has 6 heteroatoms. The Morgan fingerprint density at radius 2 is 2.53 bits per heavy atom. The highest BCUT2D eigenvalue weighted by atomic mass is 16.5. The summed E-state index contributed by atoms with van der Waals surface area (Å²) >= 11 is 0. The molecule has 6 nitrogen and oxygen atoms in total. The van der Waals surface area contributed by atoms with Crippen molar-refractivity contribution in [3.05, 3.63) is 18.0 Å². The van der Waals surface area contributed by atoms with Gasteiger partial charge in [-0.2, -0.15) is 0 Å². The molecule has 1 aromatic heterocycles. The van der Waals surface area contributed by atoms with Crippen LogP contribution in [0.4, 0.5) is 5.95 Å². The van der Waals surface area contributed by atoms with Crippen molar-refractivity contribution in [2.75, 3.05) is 24.7 Å². The Morgan fingerprint density at radius 1 is 1.71 bits per heavy atom. The van der Waals surface area contributed by atoms with Gasteiger partial charge in [0.15, 0.2) is 5.69 Å². The molecular formula is C11H15N3O3. The van der Waals surface area contributed by atoms with E-state index in [4.69, 9.17) is 9.84 Å². The van der Waals surface area contributed by atoms with Gasteiger partial charge >= 0.3 is 5.97 Å². The molecule has 0 aliphatic carbocycles. The van der Waals surface area contributed by atoms with Gasteiger partial charge in [-0.25, -0.2) is 14.8 Å². The Bertz CT molecular complexity index is 411. The predicted molar refractivity (Wildman–Crippen MR) is 61.2 cm³/mol. The Hall–Kier alpha value is -1.69. The monoisotopic (exact) mass is 237 g/mol. The molecule has 0 saturated carbocycles. The largest absolute Gasteiger partial charge is 0.477 e. The van der Waals surface area contributed by atoms with Crippen LogP contribution in [0.25, 0.3) is 0 Å². The van der Waals surface area contributed by atoms with E-state index in [2.05, 4.69) is 16.9 Å². The Kier molecular flexibility index (Phi) is 3.53. The van der Waals surface area contributed by atoms with E-state index < -0.39 is 5.97 Å². The van der Waals surface area contributed by atoms with Crippen molar-refractivity contribution in [3.8, 4) is 0 Å². The summed E-state index contributed by atoms with van der Waals surface area (Å²) in [5.74, 6) is -0.560. The summed E-state index contributed by atoms with van der Waals surface area (Å²) in [6.07, 6.45) is 2.40. The number of hydrogen-bond donors (Lipinski definition) is 1. The molecular weight excluding hydrogens is 222 g/mol. The van der Waals surface area contributed by atoms with Crippen LogP contribution < -0.4 is 4.90 Å². The lowest BCUT2D eigenvalue weighted by molar-refractivity contribution is 0.0690. The number of morpholine rings is 1. The summed E-state index contributed by atoms with van der Waals surface area (Å²) in [6.45, 7) is 4.02. The lowest BCUT2D eigenvalue weighted by Crippen LogP contribution is -2.46. The van der Waals surface area contributed by atoms with Crippen LogP contribution in [0.3, 0.4) is 0 Å². The lowest BCUT2D eigenvalue weighted by atomic mass is 10.2. The quantitative estimate of drug-likeness (QED) is 0.837. The highest BCUT2D eigenvalue weighted by Gasteiger charge is 2.24. The molecule has 0 amide bonds. The first-order valence-corrected chi connectivity index (χ1v) is 5.63. The summed E-state index contributed by atoms with van der Waals surface area (Å²) in [5, 5.41) is 8.90. The number of hydrogen-bond acceptors (Lipinski definition) is 5. The molecule has 0 spiro atoms. The highest BCUT2D eigenvalue weighted by Crippen LogP contribution is 2.17. The summed E-state index contributed by atoms with van der Waals surface area (Å²) in [4.78, 5) is 21.1. The van der Waals surface area contributed by atoms with Crippen LogP contribution in [0.2, 0.25) is 0 Å². The molecule has 1 fully saturated rings. The second-order valence-corrected chi connectivity index (χ2v) is 3.88. The molecule has 0 bridgehead atoms. The van der Waals surface area contributed by atoms with Crippen LogP contribution in [0.15, 0.2) is 12.3 Å². The number of nitrogens with zero attached hydrogens (tertiary/aromatic N) is 3. The molecule has 92 valence electrons. The van der Waals surface area contributed by atoms with Crippen LogP contribution >= 0.6 is 0 Å². The molecule has 2 heterocycles. The van der Waals surface area contributed by atoms with Crippen molar-refractivity contribution in [1.29, 1.82) is 0 Å². The number of anilines is 1. The van der Waals surface area contributed by atoms with E-state index in [9.17, 15) is 4.79 Å². The molecule has 1 unspecified atom stereocenters. The molecule has 1 aliphatic heterocycles. The lowest BCUT2D eigenvalue weighted by Gasteiger charge is -2.35. The topological polar surface area (TPSA) is 75.5 Å². The van der Waals surface area contributed by atoms with E-state index in [1.54, 1.807) is 0 Å². The van der Waals surface area contributed by atoms with Crippen LogP contribution in [-0.4, -0.2) is 46.8 Å². The van der Waals surface area contributed by atoms with Crippen molar-refractivity contribution in [2.24, 2.45) is 0 Å². The predicted octanol–water partition coefficient (Wildman–Crippen LogP) is 0.790. The van der Waals surface area contributed by atoms with Gasteiger partial charge in [-0.3, -0.25) is 0 Å². The smallest absolute Gasteiger partial charge is 0.354 e. The van der Waals surface area contributed by atoms with Gasteiger partial charge in [-0.15, -0.1) is 0 Å². The number of aromatic carboxylic acids is 1. The number of carboxylic acid groups (broad SMARTS) is 1. The zero-order chi connectivity index (χ0) is 12.3. The summed E-state index contributed by atoms with van der Waals surface area (Å²) < 4.78 is 5.39. The molecule has 1 aliphatic rings. The van der Waals surface area contributed by atoms with Crippen molar-refractivity contribution < 1.29 is 14.6 Å². The minimum atomic E-state index is -1.03. The van der Waals surface area contributed by atoms with Crippen molar-refractivity contribution in [3.63, 3.8) is 0 Å². The first-order chi connectivity index (χ1) is 8.22. The fraction of sp³-hybridized carbons (Fsp3) is 0.545. The maximum absolute atomic E-state index is 10.9. The Morgan fingerprint density at radius 3 is 3.24 bits per heavy atom. The Labute approximate surface area is 99.2 Å². The molecule has 17 heavy (non-hydrogen) atoms. The minimum Gasteiger partial charge on any atom is -0.477 e. The number of rotatable bonds is 3. The van der Waals surface area contributed by atoms with Gasteiger partial charge in [-0.1, -0.05) is 6.92 Å². The molecule has 2 rings (SSSR count). The van der Waals surface area contributed by atoms with Crippen LogP contribution in [0.1, 0.15) is 23.8 Å². The number of carboxylic acids is 1. The molecule has 0 radical (unpaired) electrons. The third-order valence-electron chi connectivity index (χ3n) is 2.82.